The molecule has 1 aromatic carbocycles. The standard InChI is InChI=1S/C20H32N6O.HI/c1-5-21-20(24-13-12-22-19(27)15(2)3)23-11-8-14-26-16(4)25-17-9-6-7-10-18(17)26;/h6-7,9-10,15H,5,8,11-14H2,1-4H3,(H,22,27)(H2,21,23,24);1H. The van der Waals surface area contributed by atoms with Gasteiger partial charge < -0.3 is 20.5 Å². The van der Waals surface area contributed by atoms with E-state index in [0.29, 0.717) is 13.1 Å². The van der Waals surface area contributed by atoms with Gasteiger partial charge in [-0.15, -0.1) is 24.0 Å². The molecule has 7 nitrogen and oxygen atoms in total. The van der Waals surface area contributed by atoms with Gasteiger partial charge in [0, 0.05) is 38.6 Å². The second-order valence-electron chi connectivity index (χ2n) is 6.79. The molecule has 0 aliphatic heterocycles. The Balaban J connectivity index is 0.00000392. The molecule has 0 aliphatic rings. The van der Waals surface area contributed by atoms with Crippen molar-refractivity contribution in [2.24, 2.45) is 10.9 Å². The van der Waals surface area contributed by atoms with Crippen LogP contribution in [0.5, 0.6) is 0 Å². The van der Waals surface area contributed by atoms with Crippen LogP contribution in [0.25, 0.3) is 11.0 Å². The number of amides is 1. The van der Waals surface area contributed by atoms with Gasteiger partial charge in [-0.05, 0) is 32.4 Å². The molecule has 0 saturated carbocycles. The fraction of sp³-hybridized carbons (Fsp3) is 0.550. The third kappa shape index (κ3) is 7.29. The Bertz CT molecular complexity index is 771. The lowest BCUT2D eigenvalue weighted by atomic mass is 10.2. The van der Waals surface area contributed by atoms with Crippen molar-refractivity contribution in [2.75, 3.05) is 26.2 Å². The van der Waals surface area contributed by atoms with Gasteiger partial charge in [-0.3, -0.25) is 9.79 Å². The quantitative estimate of drug-likeness (QED) is 0.214. The average Bonchev–Trinajstić information content (AvgIpc) is 2.97. The number of fused-ring (bicyclic) bond motifs is 1. The maximum absolute atomic E-state index is 11.6. The van der Waals surface area contributed by atoms with E-state index >= 15 is 0 Å². The van der Waals surface area contributed by atoms with Crippen LogP contribution in [0.15, 0.2) is 29.3 Å². The lowest BCUT2D eigenvalue weighted by Gasteiger charge is -2.13. The maximum Gasteiger partial charge on any atom is 0.222 e. The van der Waals surface area contributed by atoms with Gasteiger partial charge in [0.2, 0.25) is 5.91 Å². The van der Waals surface area contributed by atoms with Gasteiger partial charge >= 0.3 is 0 Å². The number of benzene rings is 1. The minimum atomic E-state index is 0. The maximum atomic E-state index is 11.6. The molecule has 156 valence electrons. The van der Waals surface area contributed by atoms with Crippen LogP contribution in [0.1, 0.15) is 33.0 Å². The first kappa shape index (κ1) is 24.2. The number of guanidine groups is 1. The van der Waals surface area contributed by atoms with Crippen LogP contribution in [0.4, 0.5) is 0 Å². The molecule has 2 rings (SSSR count). The molecule has 0 saturated heterocycles. The predicted molar refractivity (Wildman–Crippen MR) is 126 cm³/mol. The number of aliphatic imine (C=N–C) groups is 1. The van der Waals surface area contributed by atoms with Gasteiger partial charge in [-0.25, -0.2) is 4.98 Å². The van der Waals surface area contributed by atoms with Crippen molar-refractivity contribution in [3.05, 3.63) is 30.1 Å². The molecule has 1 aromatic heterocycles. The number of hydrogen-bond donors (Lipinski definition) is 3. The summed E-state index contributed by atoms with van der Waals surface area (Å²) in [7, 11) is 0. The van der Waals surface area contributed by atoms with Gasteiger partial charge in [0.25, 0.3) is 0 Å². The van der Waals surface area contributed by atoms with E-state index in [9.17, 15) is 4.79 Å². The number of imidazole rings is 1. The molecule has 0 fully saturated rings. The molecule has 0 atom stereocenters. The van der Waals surface area contributed by atoms with Gasteiger partial charge in [0.1, 0.15) is 5.82 Å². The fourth-order valence-electron chi connectivity index (χ4n) is 2.81. The summed E-state index contributed by atoms with van der Waals surface area (Å²) >= 11 is 0. The van der Waals surface area contributed by atoms with E-state index in [1.54, 1.807) is 0 Å². The number of carbonyl (C=O) groups excluding carboxylic acids is 1. The SMILES string of the molecule is CCNC(=NCCCn1c(C)nc2ccccc21)NCCNC(=O)C(C)C.I. The number of hydrogen-bond acceptors (Lipinski definition) is 3. The summed E-state index contributed by atoms with van der Waals surface area (Å²) in [5.41, 5.74) is 2.21. The molecule has 0 aliphatic carbocycles. The minimum absolute atomic E-state index is 0. The van der Waals surface area contributed by atoms with E-state index in [0.717, 1.165) is 43.4 Å². The smallest absolute Gasteiger partial charge is 0.222 e. The van der Waals surface area contributed by atoms with Crippen molar-refractivity contribution in [1.82, 2.24) is 25.5 Å². The molecule has 0 bridgehead atoms. The van der Waals surface area contributed by atoms with E-state index in [2.05, 4.69) is 36.6 Å². The molecular formula is C20H33IN6O. The van der Waals surface area contributed by atoms with Crippen LogP contribution in [0.2, 0.25) is 0 Å². The molecule has 2 aromatic rings. The number of rotatable bonds is 9. The van der Waals surface area contributed by atoms with Crippen molar-refractivity contribution in [3.63, 3.8) is 0 Å². The van der Waals surface area contributed by atoms with Crippen molar-refractivity contribution in [3.8, 4) is 0 Å². The predicted octanol–water partition coefficient (Wildman–Crippen LogP) is 2.68. The molecule has 0 spiro atoms. The van der Waals surface area contributed by atoms with Crippen LogP contribution in [0, 0.1) is 12.8 Å². The zero-order valence-corrected chi connectivity index (χ0v) is 19.6. The Morgan fingerprint density at radius 2 is 1.89 bits per heavy atom. The van der Waals surface area contributed by atoms with Crippen molar-refractivity contribution in [1.29, 1.82) is 0 Å². The molecular weight excluding hydrogens is 467 g/mol. The molecule has 8 heteroatoms. The van der Waals surface area contributed by atoms with Gasteiger partial charge in [-0.1, -0.05) is 26.0 Å². The van der Waals surface area contributed by atoms with Crippen LogP contribution < -0.4 is 16.0 Å². The molecule has 28 heavy (non-hydrogen) atoms. The van der Waals surface area contributed by atoms with Crippen LogP contribution in [-0.4, -0.2) is 47.6 Å². The molecule has 1 amide bonds. The summed E-state index contributed by atoms with van der Waals surface area (Å²) in [5.74, 6) is 1.89. The molecule has 0 radical (unpaired) electrons. The second kappa shape index (κ2) is 12.6. The summed E-state index contributed by atoms with van der Waals surface area (Å²) in [6, 6.07) is 8.21. The normalized spacial score (nSPS) is 11.4. The van der Waals surface area contributed by atoms with E-state index < -0.39 is 0 Å². The Kier molecular flexibility index (Phi) is 10.9. The highest BCUT2D eigenvalue weighted by atomic mass is 127. The van der Waals surface area contributed by atoms with Crippen molar-refractivity contribution >= 4 is 46.9 Å². The summed E-state index contributed by atoms with van der Waals surface area (Å²) in [6.45, 7) is 11.5. The van der Waals surface area contributed by atoms with Crippen molar-refractivity contribution in [2.45, 2.75) is 40.7 Å². The number of aryl methyl sites for hydroxylation is 2. The first-order valence-corrected chi connectivity index (χ1v) is 9.74. The zero-order chi connectivity index (χ0) is 19.6. The lowest BCUT2D eigenvalue weighted by Crippen LogP contribution is -2.42. The zero-order valence-electron chi connectivity index (χ0n) is 17.3. The second-order valence-corrected chi connectivity index (χ2v) is 6.79. The largest absolute Gasteiger partial charge is 0.357 e. The van der Waals surface area contributed by atoms with Crippen LogP contribution >= 0.6 is 24.0 Å². The molecule has 1 heterocycles. The van der Waals surface area contributed by atoms with Crippen LogP contribution in [-0.2, 0) is 11.3 Å². The van der Waals surface area contributed by atoms with E-state index in [-0.39, 0.29) is 35.8 Å². The summed E-state index contributed by atoms with van der Waals surface area (Å²) in [5, 5.41) is 9.38. The highest BCUT2D eigenvalue weighted by Gasteiger charge is 2.07. The van der Waals surface area contributed by atoms with E-state index in [1.807, 2.05) is 45.9 Å². The Labute approximate surface area is 184 Å². The number of nitrogens with one attached hydrogen (secondary N) is 3. The van der Waals surface area contributed by atoms with E-state index in [1.165, 1.54) is 5.52 Å². The van der Waals surface area contributed by atoms with Crippen LogP contribution in [0.3, 0.4) is 0 Å². The Morgan fingerprint density at radius 3 is 2.61 bits per heavy atom. The van der Waals surface area contributed by atoms with Gasteiger partial charge in [0.15, 0.2) is 5.96 Å². The van der Waals surface area contributed by atoms with E-state index in [4.69, 9.17) is 0 Å². The van der Waals surface area contributed by atoms with Crippen molar-refractivity contribution < 1.29 is 4.79 Å². The highest BCUT2D eigenvalue weighted by Crippen LogP contribution is 2.15. The average molecular weight is 500 g/mol. The minimum Gasteiger partial charge on any atom is -0.357 e. The number of carbonyl (C=O) groups is 1. The first-order valence-electron chi connectivity index (χ1n) is 9.74. The Hall–Kier alpha value is -1.84. The fourth-order valence-corrected chi connectivity index (χ4v) is 2.81. The lowest BCUT2D eigenvalue weighted by molar-refractivity contribution is -0.123. The monoisotopic (exact) mass is 500 g/mol. The third-order valence-corrected chi connectivity index (χ3v) is 4.24. The third-order valence-electron chi connectivity index (χ3n) is 4.24. The summed E-state index contributed by atoms with van der Waals surface area (Å²) < 4.78 is 2.24. The molecule has 3 N–H and O–H groups in total. The number of aromatic nitrogens is 2. The number of para-hydroxylation sites is 2. The Morgan fingerprint density at radius 1 is 1.18 bits per heavy atom. The summed E-state index contributed by atoms with van der Waals surface area (Å²) in [4.78, 5) is 20.8. The topological polar surface area (TPSA) is 83.3 Å². The molecule has 0 unspecified atom stereocenters. The van der Waals surface area contributed by atoms with Gasteiger partial charge in [-0.2, -0.15) is 0 Å². The first-order chi connectivity index (χ1) is 13.0. The van der Waals surface area contributed by atoms with Gasteiger partial charge in [0.05, 0.1) is 11.0 Å². The highest BCUT2D eigenvalue weighted by molar-refractivity contribution is 14.0. The summed E-state index contributed by atoms with van der Waals surface area (Å²) in [6.07, 6.45) is 0.932. The number of halogens is 1. The number of nitrogens with zero attached hydrogens (tertiary/aromatic N) is 3.